The average molecular weight is 357 g/mol. The number of aliphatic hydroxyl groups excluding tert-OH is 1. The highest BCUT2D eigenvalue weighted by Gasteiger charge is 2.27. The van der Waals surface area contributed by atoms with Crippen molar-refractivity contribution in [3.05, 3.63) is 47.5 Å². The van der Waals surface area contributed by atoms with Crippen LogP contribution in [0.1, 0.15) is 101 Å². The lowest BCUT2D eigenvalue weighted by Crippen LogP contribution is -2.06. The van der Waals surface area contributed by atoms with Gasteiger partial charge in [-0.25, -0.2) is 0 Å². The Hall–Kier alpha value is -1.41. The number of carbonyl (C=O) groups is 1. The second-order valence-electron chi connectivity index (χ2n) is 7.78. The molecule has 1 N–H and O–H groups in total. The Morgan fingerprint density at radius 2 is 1.88 bits per heavy atom. The van der Waals surface area contributed by atoms with Crippen LogP contribution in [-0.4, -0.2) is 11.4 Å². The van der Waals surface area contributed by atoms with E-state index in [1.807, 2.05) is 0 Å². The molecule has 0 amide bonds. The zero-order valence-electron chi connectivity index (χ0n) is 16.4. The number of unbranched alkanes of at least 4 members (excludes halogenated alkanes) is 4. The summed E-state index contributed by atoms with van der Waals surface area (Å²) in [5, 5.41) is 10.3. The highest BCUT2D eigenvalue weighted by atomic mass is 16.3. The quantitative estimate of drug-likeness (QED) is 0.264. The molecule has 1 fully saturated rings. The first-order chi connectivity index (χ1) is 12.8. The second kappa shape index (κ2) is 12.1. The van der Waals surface area contributed by atoms with E-state index in [4.69, 9.17) is 0 Å². The van der Waals surface area contributed by atoms with E-state index in [0.29, 0.717) is 12.3 Å². The number of allylic oxidation sites excluding steroid dienone is 2. The maximum absolute atomic E-state index is 10.3. The zero-order chi connectivity index (χ0) is 18.6. The molecule has 2 nitrogen and oxygen atoms in total. The van der Waals surface area contributed by atoms with E-state index in [-0.39, 0.29) is 6.10 Å². The van der Waals surface area contributed by atoms with Crippen molar-refractivity contribution in [2.24, 2.45) is 5.92 Å². The van der Waals surface area contributed by atoms with Gasteiger partial charge in [-0.2, -0.15) is 0 Å². The average Bonchev–Trinajstić information content (AvgIpc) is 3.13. The Labute approximate surface area is 159 Å². The van der Waals surface area contributed by atoms with Gasteiger partial charge in [-0.3, -0.25) is 0 Å². The van der Waals surface area contributed by atoms with Crippen LogP contribution in [0.25, 0.3) is 0 Å². The third kappa shape index (κ3) is 6.72. The molecule has 0 bridgehead atoms. The number of aldehydes is 1. The topological polar surface area (TPSA) is 37.3 Å². The van der Waals surface area contributed by atoms with E-state index >= 15 is 0 Å². The summed E-state index contributed by atoms with van der Waals surface area (Å²) in [6, 6.07) is 8.76. The fourth-order valence-electron chi connectivity index (χ4n) is 4.19. The van der Waals surface area contributed by atoms with Crippen LogP contribution in [0.3, 0.4) is 0 Å². The van der Waals surface area contributed by atoms with Gasteiger partial charge >= 0.3 is 0 Å². The first-order valence-corrected chi connectivity index (χ1v) is 10.6. The SMILES string of the molecule is CCCCCC(O)c1ccc([C@H]2CCC[C@@H]2C/C=C\CCCC=O)cc1. The first-order valence-electron chi connectivity index (χ1n) is 10.6. The summed E-state index contributed by atoms with van der Waals surface area (Å²) in [6.45, 7) is 2.19. The summed E-state index contributed by atoms with van der Waals surface area (Å²) in [5.41, 5.74) is 2.50. The van der Waals surface area contributed by atoms with Gasteiger partial charge in [0.05, 0.1) is 6.10 Å². The van der Waals surface area contributed by atoms with Crippen LogP contribution in [0.2, 0.25) is 0 Å². The predicted molar refractivity (Wildman–Crippen MR) is 109 cm³/mol. The van der Waals surface area contributed by atoms with Crippen LogP contribution in [0.15, 0.2) is 36.4 Å². The molecule has 0 aromatic heterocycles. The van der Waals surface area contributed by atoms with Gasteiger partial charge < -0.3 is 9.90 Å². The fourth-order valence-corrected chi connectivity index (χ4v) is 4.19. The maximum atomic E-state index is 10.3. The molecular weight excluding hydrogens is 320 g/mol. The van der Waals surface area contributed by atoms with E-state index in [1.165, 1.54) is 37.7 Å². The molecule has 0 heterocycles. The third-order valence-corrected chi connectivity index (χ3v) is 5.79. The Morgan fingerprint density at radius 3 is 2.62 bits per heavy atom. The molecule has 2 heteroatoms. The summed E-state index contributed by atoms with van der Waals surface area (Å²) >= 11 is 0. The summed E-state index contributed by atoms with van der Waals surface area (Å²) in [4.78, 5) is 10.3. The van der Waals surface area contributed by atoms with Crippen LogP contribution >= 0.6 is 0 Å². The second-order valence-corrected chi connectivity index (χ2v) is 7.78. The van der Waals surface area contributed by atoms with E-state index < -0.39 is 0 Å². The van der Waals surface area contributed by atoms with Crippen LogP contribution in [0.5, 0.6) is 0 Å². The van der Waals surface area contributed by atoms with Gasteiger partial charge in [0.15, 0.2) is 0 Å². The summed E-state index contributed by atoms with van der Waals surface area (Å²) in [5.74, 6) is 1.39. The minimum absolute atomic E-state index is 0.315. The molecule has 1 aliphatic rings. The van der Waals surface area contributed by atoms with Crippen molar-refractivity contribution in [3.63, 3.8) is 0 Å². The number of benzene rings is 1. The molecule has 0 radical (unpaired) electrons. The molecule has 2 rings (SSSR count). The molecule has 0 aliphatic heterocycles. The molecular formula is C24H36O2. The molecule has 1 aliphatic carbocycles. The van der Waals surface area contributed by atoms with Crippen molar-refractivity contribution in [2.45, 2.75) is 89.6 Å². The highest BCUT2D eigenvalue weighted by Crippen LogP contribution is 2.42. The minimum Gasteiger partial charge on any atom is -0.388 e. The molecule has 144 valence electrons. The molecule has 0 saturated heterocycles. The highest BCUT2D eigenvalue weighted by molar-refractivity contribution is 5.49. The van der Waals surface area contributed by atoms with Gasteiger partial charge in [-0.1, -0.05) is 69.0 Å². The number of rotatable bonds is 12. The van der Waals surface area contributed by atoms with Crippen molar-refractivity contribution in [1.82, 2.24) is 0 Å². The Kier molecular flexibility index (Phi) is 9.70. The van der Waals surface area contributed by atoms with Gasteiger partial charge in [0.1, 0.15) is 6.29 Å². The van der Waals surface area contributed by atoms with Gasteiger partial charge in [-0.15, -0.1) is 0 Å². The van der Waals surface area contributed by atoms with E-state index in [2.05, 4.69) is 43.3 Å². The normalized spacial score (nSPS) is 21.3. The van der Waals surface area contributed by atoms with Crippen LogP contribution in [0.4, 0.5) is 0 Å². The number of carbonyl (C=O) groups excluding carboxylic acids is 1. The Bertz CT molecular complexity index is 532. The van der Waals surface area contributed by atoms with Crippen molar-refractivity contribution in [3.8, 4) is 0 Å². The number of hydrogen-bond acceptors (Lipinski definition) is 2. The van der Waals surface area contributed by atoms with Gasteiger partial charge in [0, 0.05) is 6.42 Å². The van der Waals surface area contributed by atoms with E-state index in [0.717, 1.165) is 49.9 Å². The van der Waals surface area contributed by atoms with Crippen molar-refractivity contribution >= 4 is 6.29 Å². The third-order valence-electron chi connectivity index (χ3n) is 5.79. The molecule has 1 aromatic carbocycles. The minimum atomic E-state index is -0.315. The Morgan fingerprint density at radius 1 is 1.08 bits per heavy atom. The molecule has 26 heavy (non-hydrogen) atoms. The monoisotopic (exact) mass is 356 g/mol. The first kappa shape index (κ1) is 20.9. The van der Waals surface area contributed by atoms with E-state index in [9.17, 15) is 9.90 Å². The lowest BCUT2D eigenvalue weighted by atomic mass is 9.86. The standard InChI is InChI=1S/C24H36O2/c1-2-3-7-14-24(26)22-17-15-21(16-18-22)23-13-10-12-20(23)11-8-5-4-6-9-19-25/h5,8,15-20,23-24,26H,2-4,6-7,9-14H2,1H3/b8-5-/t20-,23-,24?/m0/s1. The smallest absolute Gasteiger partial charge is 0.120 e. The summed E-state index contributed by atoms with van der Waals surface area (Å²) < 4.78 is 0. The molecule has 1 aromatic rings. The number of hydrogen-bond donors (Lipinski definition) is 1. The Balaban J connectivity index is 1.85. The zero-order valence-corrected chi connectivity index (χ0v) is 16.4. The lowest BCUT2D eigenvalue weighted by Gasteiger charge is -2.20. The summed E-state index contributed by atoms with van der Waals surface area (Å²) in [7, 11) is 0. The van der Waals surface area contributed by atoms with Crippen molar-refractivity contribution in [2.75, 3.05) is 0 Å². The van der Waals surface area contributed by atoms with Crippen molar-refractivity contribution < 1.29 is 9.90 Å². The largest absolute Gasteiger partial charge is 0.388 e. The van der Waals surface area contributed by atoms with Gasteiger partial charge in [-0.05, 0) is 61.5 Å². The van der Waals surface area contributed by atoms with Crippen LogP contribution < -0.4 is 0 Å². The van der Waals surface area contributed by atoms with Crippen molar-refractivity contribution in [1.29, 1.82) is 0 Å². The lowest BCUT2D eigenvalue weighted by molar-refractivity contribution is -0.107. The maximum Gasteiger partial charge on any atom is 0.120 e. The van der Waals surface area contributed by atoms with Gasteiger partial charge in [0.25, 0.3) is 0 Å². The van der Waals surface area contributed by atoms with Gasteiger partial charge in [0.2, 0.25) is 0 Å². The predicted octanol–water partition coefficient (Wildman–Crippen LogP) is 6.50. The number of aliphatic hydroxyl groups is 1. The molecule has 0 spiro atoms. The van der Waals surface area contributed by atoms with Crippen LogP contribution in [0, 0.1) is 5.92 Å². The fraction of sp³-hybridized carbons (Fsp3) is 0.625. The van der Waals surface area contributed by atoms with E-state index in [1.54, 1.807) is 0 Å². The molecule has 1 saturated carbocycles. The summed E-state index contributed by atoms with van der Waals surface area (Å²) in [6.07, 6.45) is 17.3. The molecule has 3 atom stereocenters. The molecule has 1 unspecified atom stereocenters. The van der Waals surface area contributed by atoms with Crippen LogP contribution in [-0.2, 0) is 4.79 Å².